The second-order valence-electron chi connectivity index (χ2n) is 6.92. The third-order valence-corrected chi connectivity index (χ3v) is 3.45. The van der Waals surface area contributed by atoms with E-state index in [0.717, 1.165) is 18.4 Å². The van der Waals surface area contributed by atoms with Crippen molar-refractivity contribution >= 4 is 17.7 Å². The summed E-state index contributed by atoms with van der Waals surface area (Å²) in [6, 6.07) is 11.1. The predicted octanol–water partition coefficient (Wildman–Crippen LogP) is 3.79. The summed E-state index contributed by atoms with van der Waals surface area (Å²) in [5, 5.41) is 5.58. The second kappa shape index (κ2) is 8.99. The summed E-state index contributed by atoms with van der Waals surface area (Å²) < 4.78 is 5.22. The zero-order valence-electron chi connectivity index (χ0n) is 15.4. The highest BCUT2D eigenvalue weighted by molar-refractivity contribution is 5.93. The first-order valence-corrected chi connectivity index (χ1v) is 8.61. The van der Waals surface area contributed by atoms with Gasteiger partial charge in [0.05, 0.1) is 5.56 Å². The van der Waals surface area contributed by atoms with Crippen LogP contribution in [0.3, 0.4) is 0 Å². The molecule has 0 aliphatic rings. The lowest BCUT2D eigenvalue weighted by molar-refractivity contribution is 0.0635. The SMILES string of the molecule is CC(C)(C)OC(=O)Nc1ccc(CCCNC(=O)c2cccnc2)cc1. The molecule has 0 unspecified atom stereocenters. The smallest absolute Gasteiger partial charge is 0.412 e. The zero-order chi connectivity index (χ0) is 19.0. The van der Waals surface area contributed by atoms with Crippen molar-refractivity contribution in [3.05, 3.63) is 59.9 Å². The number of aryl methyl sites for hydroxylation is 1. The van der Waals surface area contributed by atoms with Gasteiger partial charge >= 0.3 is 6.09 Å². The molecule has 6 heteroatoms. The average molecular weight is 355 g/mol. The minimum absolute atomic E-state index is 0.116. The van der Waals surface area contributed by atoms with Crippen molar-refractivity contribution in [2.45, 2.75) is 39.2 Å². The summed E-state index contributed by atoms with van der Waals surface area (Å²) in [5.41, 5.74) is 1.86. The van der Waals surface area contributed by atoms with Crippen molar-refractivity contribution in [3.8, 4) is 0 Å². The Labute approximate surface area is 154 Å². The fourth-order valence-electron chi connectivity index (χ4n) is 2.27. The van der Waals surface area contributed by atoms with Gasteiger partial charge in [-0.1, -0.05) is 12.1 Å². The fraction of sp³-hybridized carbons (Fsp3) is 0.350. The highest BCUT2D eigenvalue weighted by Gasteiger charge is 2.16. The minimum atomic E-state index is -0.524. The molecule has 0 fully saturated rings. The molecule has 1 heterocycles. The number of benzene rings is 1. The highest BCUT2D eigenvalue weighted by atomic mass is 16.6. The van der Waals surface area contributed by atoms with Gasteiger partial charge in [0.15, 0.2) is 0 Å². The van der Waals surface area contributed by atoms with Crippen LogP contribution in [0.5, 0.6) is 0 Å². The van der Waals surface area contributed by atoms with Crippen molar-refractivity contribution in [1.82, 2.24) is 10.3 Å². The number of carbonyl (C=O) groups is 2. The maximum atomic E-state index is 11.9. The standard InChI is InChI=1S/C20H25N3O3/c1-20(2,3)26-19(25)23-17-10-8-15(9-11-17)6-4-13-22-18(24)16-7-5-12-21-14-16/h5,7-12,14H,4,6,13H2,1-3H3,(H,22,24)(H,23,25). The average Bonchev–Trinajstić information content (AvgIpc) is 2.59. The van der Waals surface area contributed by atoms with Crippen molar-refractivity contribution < 1.29 is 14.3 Å². The number of nitrogens with one attached hydrogen (secondary N) is 2. The molecule has 1 aromatic carbocycles. The third-order valence-electron chi connectivity index (χ3n) is 3.45. The van der Waals surface area contributed by atoms with Gasteiger partial charge in [0, 0.05) is 24.6 Å². The van der Waals surface area contributed by atoms with Gasteiger partial charge in [-0.2, -0.15) is 0 Å². The van der Waals surface area contributed by atoms with Gasteiger partial charge in [0.25, 0.3) is 5.91 Å². The Hall–Kier alpha value is -2.89. The molecule has 0 radical (unpaired) electrons. The number of hydrogen-bond donors (Lipinski definition) is 2. The van der Waals surface area contributed by atoms with E-state index in [1.54, 1.807) is 24.5 Å². The third kappa shape index (κ3) is 6.93. The Balaban J connectivity index is 1.72. The molecule has 2 rings (SSSR count). The molecule has 0 spiro atoms. The van der Waals surface area contributed by atoms with E-state index in [1.807, 2.05) is 45.0 Å². The summed E-state index contributed by atoms with van der Waals surface area (Å²) in [6.45, 7) is 6.06. The van der Waals surface area contributed by atoms with Crippen molar-refractivity contribution in [1.29, 1.82) is 0 Å². The van der Waals surface area contributed by atoms with Gasteiger partial charge in [-0.15, -0.1) is 0 Å². The van der Waals surface area contributed by atoms with Crippen molar-refractivity contribution in [2.75, 3.05) is 11.9 Å². The first kappa shape index (κ1) is 19.4. The first-order chi connectivity index (χ1) is 12.3. The second-order valence-corrected chi connectivity index (χ2v) is 6.92. The molecule has 0 atom stereocenters. The molecule has 0 saturated heterocycles. The summed E-state index contributed by atoms with van der Waals surface area (Å²) in [5.74, 6) is -0.116. The van der Waals surface area contributed by atoms with Crippen LogP contribution in [-0.4, -0.2) is 29.1 Å². The topological polar surface area (TPSA) is 80.3 Å². The molecule has 1 aromatic heterocycles. The fourth-order valence-corrected chi connectivity index (χ4v) is 2.27. The molecule has 26 heavy (non-hydrogen) atoms. The number of rotatable bonds is 6. The van der Waals surface area contributed by atoms with E-state index in [9.17, 15) is 9.59 Å². The largest absolute Gasteiger partial charge is 0.444 e. The van der Waals surface area contributed by atoms with Gasteiger partial charge < -0.3 is 10.1 Å². The normalized spacial score (nSPS) is 10.9. The highest BCUT2D eigenvalue weighted by Crippen LogP contribution is 2.13. The number of nitrogens with zero attached hydrogens (tertiary/aromatic N) is 1. The van der Waals surface area contributed by atoms with Crippen LogP contribution in [-0.2, 0) is 11.2 Å². The molecular formula is C20H25N3O3. The molecule has 0 bridgehead atoms. The summed E-state index contributed by atoms with van der Waals surface area (Å²) in [6.07, 6.45) is 4.37. The molecule has 0 aliphatic heterocycles. The van der Waals surface area contributed by atoms with E-state index < -0.39 is 11.7 Å². The number of carbonyl (C=O) groups excluding carboxylic acids is 2. The van der Waals surface area contributed by atoms with E-state index in [-0.39, 0.29) is 5.91 Å². The number of aromatic nitrogens is 1. The molecule has 6 nitrogen and oxygen atoms in total. The van der Waals surface area contributed by atoms with Crippen molar-refractivity contribution in [2.24, 2.45) is 0 Å². The maximum absolute atomic E-state index is 11.9. The lowest BCUT2D eigenvalue weighted by atomic mass is 10.1. The Morgan fingerprint density at radius 2 is 1.85 bits per heavy atom. The molecule has 138 valence electrons. The Kier molecular flexibility index (Phi) is 6.72. The molecule has 2 amide bonds. The van der Waals surface area contributed by atoms with Crippen LogP contribution >= 0.6 is 0 Å². The molecular weight excluding hydrogens is 330 g/mol. The van der Waals surface area contributed by atoms with Gasteiger partial charge in [-0.05, 0) is 63.4 Å². The van der Waals surface area contributed by atoms with Gasteiger partial charge in [0.1, 0.15) is 5.60 Å². The van der Waals surface area contributed by atoms with Gasteiger partial charge in [-0.3, -0.25) is 15.1 Å². The lowest BCUT2D eigenvalue weighted by Gasteiger charge is -2.19. The van der Waals surface area contributed by atoms with Crippen LogP contribution in [0.4, 0.5) is 10.5 Å². The van der Waals surface area contributed by atoms with Crippen LogP contribution in [0.2, 0.25) is 0 Å². The number of amides is 2. The Morgan fingerprint density at radius 3 is 2.46 bits per heavy atom. The van der Waals surface area contributed by atoms with E-state index in [1.165, 1.54) is 0 Å². The summed E-state index contributed by atoms with van der Waals surface area (Å²) in [7, 11) is 0. The first-order valence-electron chi connectivity index (χ1n) is 8.61. The monoisotopic (exact) mass is 355 g/mol. The van der Waals surface area contributed by atoms with Gasteiger partial charge in [0.2, 0.25) is 0 Å². The van der Waals surface area contributed by atoms with E-state index in [0.29, 0.717) is 17.8 Å². The summed E-state index contributed by atoms with van der Waals surface area (Å²) >= 11 is 0. The van der Waals surface area contributed by atoms with Gasteiger partial charge in [-0.25, -0.2) is 4.79 Å². The summed E-state index contributed by atoms with van der Waals surface area (Å²) in [4.78, 5) is 27.6. The van der Waals surface area contributed by atoms with Crippen LogP contribution in [0.25, 0.3) is 0 Å². The van der Waals surface area contributed by atoms with Crippen LogP contribution in [0.1, 0.15) is 43.1 Å². The maximum Gasteiger partial charge on any atom is 0.412 e. The molecule has 0 aliphatic carbocycles. The number of hydrogen-bond acceptors (Lipinski definition) is 4. The Morgan fingerprint density at radius 1 is 1.12 bits per heavy atom. The lowest BCUT2D eigenvalue weighted by Crippen LogP contribution is -2.27. The van der Waals surface area contributed by atoms with Crippen LogP contribution in [0.15, 0.2) is 48.8 Å². The Bertz CT molecular complexity index is 722. The minimum Gasteiger partial charge on any atom is -0.444 e. The molecule has 0 saturated carbocycles. The zero-order valence-corrected chi connectivity index (χ0v) is 15.4. The van der Waals surface area contributed by atoms with E-state index in [2.05, 4.69) is 15.6 Å². The van der Waals surface area contributed by atoms with E-state index in [4.69, 9.17) is 4.74 Å². The molecule has 2 aromatic rings. The quantitative estimate of drug-likeness (QED) is 0.773. The van der Waals surface area contributed by atoms with Crippen LogP contribution < -0.4 is 10.6 Å². The van der Waals surface area contributed by atoms with Crippen molar-refractivity contribution in [3.63, 3.8) is 0 Å². The number of anilines is 1. The van der Waals surface area contributed by atoms with Crippen LogP contribution in [0, 0.1) is 0 Å². The number of ether oxygens (including phenoxy) is 1. The molecule has 2 N–H and O–H groups in total. The number of pyridine rings is 1. The van der Waals surface area contributed by atoms with E-state index >= 15 is 0 Å². The predicted molar refractivity (Wildman–Crippen MR) is 101 cm³/mol.